The standard InChI is InChI=1S/C16H24N2O/c1-19-10-9-17-12-15-7-8-18(16(15)13-17)11-14-5-3-2-4-6-14/h2-6,15-16H,7-13H2,1H3/t15-,16+/m0/s1. The summed E-state index contributed by atoms with van der Waals surface area (Å²) < 4.78 is 5.19. The topological polar surface area (TPSA) is 15.7 Å². The molecule has 2 aliphatic heterocycles. The van der Waals surface area contributed by atoms with Crippen LogP contribution in [0, 0.1) is 5.92 Å². The van der Waals surface area contributed by atoms with E-state index in [4.69, 9.17) is 4.74 Å². The van der Waals surface area contributed by atoms with Crippen LogP contribution < -0.4 is 0 Å². The number of methoxy groups -OCH3 is 1. The highest BCUT2D eigenvalue weighted by Gasteiger charge is 2.40. The molecule has 19 heavy (non-hydrogen) atoms. The molecule has 1 aromatic rings. The summed E-state index contributed by atoms with van der Waals surface area (Å²) in [6, 6.07) is 11.6. The van der Waals surface area contributed by atoms with Gasteiger partial charge in [-0.25, -0.2) is 0 Å². The highest BCUT2D eigenvalue weighted by atomic mass is 16.5. The fourth-order valence-electron chi connectivity index (χ4n) is 3.55. The van der Waals surface area contributed by atoms with Gasteiger partial charge in [-0.3, -0.25) is 9.80 Å². The SMILES string of the molecule is COCCN1C[C@@H]2CCN(Cc3ccccc3)[C@@H]2C1. The molecule has 0 spiro atoms. The molecule has 1 aromatic carbocycles. The Morgan fingerprint density at radius 1 is 1.21 bits per heavy atom. The summed E-state index contributed by atoms with van der Waals surface area (Å²) in [4.78, 5) is 5.24. The Labute approximate surface area is 116 Å². The molecule has 0 amide bonds. The minimum Gasteiger partial charge on any atom is -0.383 e. The van der Waals surface area contributed by atoms with E-state index in [1.54, 1.807) is 7.11 Å². The second-order valence-corrected chi connectivity index (χ2v) is 5.82. The number of hydrogen-bond donors (Lipinski definition) is 0. The normalized spacial score (nSPS) is 27.8. The van der Waals surface area contributed by atoms with Gasteiger partial charge in [0.15, 0.2) is 0 Å². The molecule has 2 saturated heterocycles. The maximum absolute atomic E-state index is 5.19. The molecule has 2 aliphatic rings. The third-order valence-electron chi connectivity index (χ3n) is 4.58. The van der Waals surface area contributed by atoms with Crippen molar-refractivity contribution in [1.29, 1.82) is 0 Å². The summed E-state index contributed by atoms with van der Waals surface area (Å²) in [7, 11) is 1.79. The number of nitrogens with zero attached hydrogens (tertiary/aromatic N) is 2. The first kappa shape index (κ1) is 13.1. The molecule has 0 aromatic heterocycles. The van der Waals surface area contributed by atoms with Crippen molar-refractivity contribution in [2.45, 2.75) is 19.0 Å². The second-order valence-electron chi connectivity index (χ2n) is 5.82. The zero-order valence-electron chi connectivity index (χ0n) is 11.8. The van der Waals surface area contributed by atoms with E-state index in [1.165, 1.54) is 31.6 Å². The highest BCUT2D eigenvalue weighted by molar-refractivity contribution is 5.15. The predicted molar refractivity (Wildman–Crippen MR) is 77.1 cm³/mol. The lowest BCUT2D eigenvalue weighted by Gasteiger charge is -2.24. The van der Waals surface area contributed by atoms with Crippen molar-refractivity contribution < 1.29 is 4.74 Å². The molecule has 0 radical (unpaired) electrons. The summed E-state index contributed by atoms with van der Waals surface area (Å²) in [6.07, 6.45) is 1.36. The fourth-order valence-corrected chi connectivity index (χ4v) is 3.55. The van der Waals surface area contributed by atoms with E-state index >= 15 is 0 Å². The minimum absolute atomic E-state index is 0.761. The Balaban J connectivity index is 1.57. The summed E-state index contributed by atoms with van der Waals surface area (Å²) >= 11 is 0. The molecule has 3 nitrogen and oxygen atoms in total. The van der Waals surface area contributed by atoms with Gasteiger partial charge in [0.1, 0.15) is 0 Å². The van der Waals surface area contributed by atoms with Gasteiger partial charge in [0.25, 0.3) is 0 Å². The van der Waals surface area contributed by atoms with Crippen LogP contribution in [-0.4, -0.2) is 55.7 Å². The molecule has 104 valence electrons. The van der Waals surface area contributed by atoms with Gasteiger partial charge in [-0.1, -0.05) is 30.3 Å². The molecule has 0 unspecified atom stereocenters. The predicted octanol–water partition coefficient (Wildman–Crippen LogP) is 1.84. The molecule has 3 rings (SSSR count). The Hall–Kier alpha value is -0.900. The average Bonchev–Trinajstić information content (AvgIpc) is 2.99. The third kappa shape index (κ3) is 2.99. The molecule has 3 heteroatoms. The first-order valence-corrected chi connectivity index (χ1v) is 7.36. The summed E-state index contributed by atoms with van der Waals surface area (Å²) in [6.45, 7) is 6.81. The molecular formula is C16H24N2O. The van der Waals surface area contributed by atoms with E-state index < -0.39 is 0 Å². The van der Waals surface area contributed by atoms with Crippen LogP contribution in [0.15, 0.2) is 30.3 Å². The van der Waals surface area contributed by atoms with Gasteiger partial charge >= 0.3 is 0 Å². The maximum Gasteiger partial charge on any atom is 0.0589 e. The van der Waals surface area contributed by atoms with Crippen molar-refractivity contribution in [2.75, 3.05) is 39.9 Å². The Bertz CT molecular complexity index is 395. The zero-order valence-corrected chi connectivity index (χ0v) is 11.8. The Morgan fingerprint density at radius 3 is 2.84 bits per heavy atom. The van der Waals surface area contributed by atoms with Gasteiger partial charge < -0.3 is 4.74 Å². The monoisotopic (exact) mass is 260 g/mol. The lowest BCUT2D eigenvalue weighted by molar-refractivity contribution is 0.149. The van der Waals surface area contributed by atoms with Gasteiger partial charge in [0, 0.05) is 39.3 Å². The third-order valence-corrected chi connectivity index (χ3v) is 4.58. The number of fused-ring (bicyclic) bond motifs is 1. The number of hydrogen-bond acceptors (Lipinski definition) is 3. The van der Waals surface area contributed by atoms with E-state index in [0.29, 0.717) is 0 Å². The Kier molecular flexibility index (Phi) is 4.16. The summed E-state index contributed by atoms with van der Waals surface area (Å²) in [5, 5.41) is 0. The fraction of sp³-hybridized carbons (Fsp3) is 0.625. The Morgan fingerprint density at radius 2 is 2.05 bits per heavy atom. The lowest BCUT2D eigenvalue weighted by Crippen LogP contribution is -2.35. The van der Waals surface area contributed by atoms with Crippen LogP contribution in [0.3, 0.4) is 0 Å². The molecule has 0 saturated carbocycles. The number of rotatable bonds is 5. The van der Waals surface area contributed by atoms with Crippen LogP contribution in [0.2, 0.25) is 0 Å². The summed E-state index contributed by atoms with van der Waals surface area (Å²) in [5.74, 6) is 0.876. The molecule has 0 bridgehead atoms. The molecule has 2 atom stereocenters. The van der Waals surface area contributed by atoms with E-state index in [2.05, 4.69) is 40.1 Å². The van der Waals surface area contributed by atoms with E-state index in [9.17, 15) is 0 Å². The molecule has 0 N–H and O–H groups in total. The van der Waals surface area contributed by atoms with Crippen LogP contribution in [0.1, 0.15) is 12.0 Å². The van der Waals surface area contributed by atoms with Crippen molar-refractivity contribution in [3.63, 3.8) is 0 Å². The van der Waals surface area contributed by atoms with Crippen LogP contribution in [0.4, 0.5) is 0 Å². The molecular weight excluding hydrogens is 236 g/mol. The zero-order chi connectivity index (χ0) is 13.1. The minimum atomic E-state index is 0.761. The van der Waals surface area contributed by atoms with E-state index in [1.807, 2.05) is 0 Å². The smallest absolute Gasteiger partial charge is 0.0589 e. The second kappa shape index (κ2) is 6.04. The van der Waals surface area contributed by atoms with Crippen LogP contribution in [0.5, 0.6) is 0 Å². The van der Waals surface area contributed by atoms with E-state index in [-0.39, 0.29) is 0 Å². The number of benzene rings is 1. The van der Waals surface area contributed by atoms with Gasteiger partial charge in [0.2, 0.25) is 0 Å². The van der Waals surface area contributed by atoms with Crippen LogP contribution in [-0.2, 0) is 11.3 Å². The maximum atomic E-state index is 5.19. The highest BCUT2D eigenvalue weighted by Crippen LogP contribution is 2.32. The van der Waals surface area contributed by atoms with Crippen molar-refractivity contribution in [3.8, 4) is 0 Å². The number of ether oxygens (including phenoxy) is 1. The van der Waals surface area contributed by atoms with Crippen LogP contribution >= 0.6 is 0 Å². The number of likely N-dealkylation sites (tertiary alicyclic amines) is 2. The quantitative estimate of drug-likeness (QED) is 0.803. The lowest BCUT2D eigenvalue weighted by atomic mass is 10.0. The average molecular weight is 260 g/mol. The van der Waals surface area contributed by atoms with Crippen molar-refractivity contribution in [3.05, 3.63) is 35.9 Å². The van der Waals surface area contributed by atoms with Gasteiger partial charge in [-0.2, -0.15) is 0 Å². The first-order chi connectivity index (χ1) is 9.36. The van der Waals surface area contributed by atoms with E-state index in [0.717, 1.165) is 31.7 Å². The van der Waals surface area contributed by atoms with Crippen LogP contribution in [0.25, 0.3) is 0 Å². The van der Waals surface area contributed by atoms with Crippen molar-refractivity contribution in [1.82, 2.24) is 9.80 Å². The van der Waals surface area contributed by atoms with Gasteiger partial charge in [-0.15, -0.1) is 0 Å². The van der Waals surface area contributed by atoms with Crippen molar-refractivity contribution in [2.24, 2.45) is 5.92 Å². The largest absolute Gasteiger partial charge is 0.383 e. The molecule has 2 fully saturated rings. The molecule has 0 aliphatic carbocycles. The first-order valence-electron chi connectivity index (χ1n) is 7.36. The van der Waals surface area contributed by atoms with Gasteiger partial charge in [0.05, 0.1) is 6.61 Å². The van der Waals surface area contributed by atoms with Gasteiger partial charge in [-0.05, 0) is 24.4 Å². The molecule has 2 heterocycles. The summed E-state index contributed by atoms with van der Waals surface area (Å²) in [5.41, 5.74) is 1.44. The van der Waals surface area contributed by atoms with Crippen molar-refractivity contribution >= 4 is 0 Å².